The van der Waals surface area contributed by atoms with Crippen molar-refractivity contribution in [1.29, 1.82) is 0 Å². The van der Waals surface area contributed by atoms with Crippen LogP contribution in [0.5, 0.6) is 5.75 Å². The molecule has 0 aliphatic carbocycles. The molecule has 1 aromatic rings. The highest BCUT2D eigenvalue weighted by Crippen LogP contribution is 2.22. The average Bonchev–Trinajstić information content (AvgIpc) is 2.20. The summed E-state index contributed by atoms with van der Waals surface area (Å²) in [6, 6.07) is 6.31. The van der Waals surface area contributed by atoms with E-state index in [1.165, 1.54) is 17.5 Å². The zero-order chi connectivity index (χ0) is 10.4. The highest BCUT2D eigenvalue weighted by molar-refractivity contribution is 9.08. The first-order valence-corrected chi connectivity index (χ1v) is 6.18. The van der Waals surface area contributed by atoms with E-state index >= 15 is 0 Å². The molecule has 0 aliphatic rings. The first-order chi connectivity index (χ1) is 6.77. The molecular weight excluding hydrogens is 240 g/mol. The van der Waals surface area contributed by atoms with Gasteiger partial charge in [0.2, 0.25) is 0 Å². The predicted octanol–water partition coefficient (Wildman–Crippen LogP) is 4.07. The van der Waals surface area contributed by atoms with Gasteiger partial charge < -0.3 is 4.74 Å². The van der Waals surface area contributed by atoms with Crippen LogP contribution in [0.1, 0.15) is 30.9 Å². The standard InChI is InChI=1S/C12H17BrO/c1-3-4-7-14-12-6-5-10(2)8-11(12)9-13/h5-6,8H,3-4,7,9H2,1-2H3. The van der Waals surface area contributed by atoms with Crippen LogP contribution in [0.2, 0.25) is 0 Å². The van der Waals surface area contributed by atoms with Crippen molar-refractivity contribution in [2.24, 2.45) is 0 Å². The Kier molecular flexibility index (Phi) is 5.02. The molecular formula is C12H17BrO. The van der Waals surface area contributed by atoms with E-state index in [1.54, 1.807) is 0 Å². The maximum Gasteiger partial charge on any atom is 0.123 e. The molecule has 0 heterocycles. The van der Waals surface area contributed by atoms with Crippen molar-refractivity contribution in [3.8, 4) is 5.75 Å². The quantitative estimate of drug-likeness (QED) is 0.570. The third-order valence-corrected chi connectivity index (χ3v) is 2.72. The zero-order valence-electron chi connectivity index (χ0n) is 8.85. The number of benzene rings is 1. The van der Waals surface area contributed by atoms with Gasteiger partial charge in [-0.25, -0.2) is 0 Å². The minimum atomic E-state index is 0.819. The minimum absolute atomic E-state index is 0.819. The number of hydrogen-bond donors (Lipinski definition) is 0. The second-order valence-electron chi connectivity index (χ2n) is 3.45. The van der Waals surface area contributed by atoms with Crippen LogP contribution in [-0.2, 0) is 5.33 Å². The normalized spacial score (nSPS) is 10.2. The molecule has 0 saturated heterocycles. The number of hydrogen-bond acceptors (Lipinski definition) is 1. The topological polar surface area (TPSA) is 9.23 Å². The lowest BCUT2D eigenvalue weighted by molar-refractivity contribution is 0.307. The third kappa shape index (κ3) is 3.33. The lowest BCUT2D eigenvalue weighted by Gasteiger charge is -2.10. The third-order valence-electron chi connectivity index (χ3n) is 2.12. The fourth-order valence-electron chi connectivity index (χ4n) is 1.28. The molecule has 0 N–H and O–H groups in total. The Hall–Kier alpha value is -0.500. The zero-order valence-corrected chi connectivity index (χ0v) is 10.4. The Morgan fingerprint density at radius 1 is 1.36 bits per heavy atom. The van der Waals surface area contributed by atoms with Crippen molar-refractivity contribution >= 4 is 15.9 Å². The van der Waals surface area contributed by atoms with Crippen molar-refractivity contribution < 1.29 is 4.74 Å². The maximum atomic E-state index is 5.69. The molecule has 0 saturated carbocycles. The van der Waals surface area contributed by atoms with Gasteiger partial charge in [0.05, 0.1) is 6.61 Å². The van der Waals surface area contributed by atoms with Crippen LogP contribution in [0.4, 0.5) is 0 Å². The van der Waals surface area contributed by atoms with Crippen LogP contribution in [0.15, 0.2) is 18.2 Å². The molecule has 0 unspecified atom stereocenters. The Balaban J connectivity index is 2.65. The molecule has 0 bridgehead atoms. The summed E-state index contributed by atoms with van der Waals surface area (Å²) in [7, 11) is 0. The summed E-state index contributed by atoms with van der Waals surface area (Å²) in [5.74, 6) is 1.01. The van der Waals surface area contributed by atoms with E-state index in [1.807, 2.05) is 0 Å². The summed E-state index contributed by atoms with van der Waals surface area (Å²) in [5.41, 5.74) is 2.52. The number of unbranched alkanes of at least 4 members (excludes halogenated alkanes) is 1. The smallest absolute Gasteiger partial charge is 0.123 e. The fraction of sp³-hybridized carbons (Fsp3) is 0.500. The van der Waals surface area contributed by atoms with E-state index in [0.29, 0.717) is 0 Å². The molecule has 1 rings (SSSR count). The van der Waals surface area contributed by atoms with Crippen molar-refractivity contribution in [3.05, 3.63) is 29.3 Å². The lowest BCUT2D eigenvalue weighted by Crippen LogP contribution is -1.99. The SMILES string of the molecule is CCCCOc1ccc(C)cc1CBr. The van der Waals surface area contributed by atoms with Gasteiger partial charge in [-0.15, -0.1) is 0 Å². The molecule has 2 heteroatoms. The van der Waals surface area contributed by atoms with E-state index in [2.05, 4.69) is 48.0 Å². The van der Waals surface area contributed by atoms with Gasteiger partial charge in [0.1, 0.15) is 5.75 Å². The number of alkyl halides is 1. The molecule has 0 spiro atoms. The fourth-order valence-corrected chi connectivity index (χ4v) is 1.72. The number of aryl methyl sites for hydroxylation is 1. The second-order valence-corrected chi connectivity index (χ2v) is 4.01. The van der Waals surface area contributed by atoms with Gasteiger partial charge in [-0.3, -0.25) is 0 Å². The highest BCUT2D eigenvalue weighted by atomic mass is 79.9. The molecule has 0 radical (unpaired) electrons. The van der Waals surface area contributed by atoms with Crippen LogP contribution < -0.4 is 4.74 Å². The maximum absolute atomic E-state index is 5.69. The van der Waals surface area contributed by atoms with Gasteiger partial charge in [-0.05, 0) is 19.4 Å². The van der Waals surface area contributed by atoms with Gasteiger partial charge in [-0.2, -0.15) is 0 Å². The Bertz CT molecular complexity index is 284. The first kappa shape index (κ1) is 11.6. The molecule has 0 aliphatic heterocycles. The molecule has 0 atom stereocenters. The summed E-state index contributed by atoms with van der Waals surface area (Å²) in [5, 5.41) is 0.857. The Labute approximate surface area is 94.6 Å². The highest BCUT2D eigenvalue weighted by Gasteiger charge is 2.01. The van der Waals surface area contributed by atoms with Crippen LogP contribution in [-0.4, -0.2) is 6.61 Å². The number of halogens is 1. The van der Waals surface area contributed by atoms with Crippen LogP contribution in [0, 0.1) is 6.92 Å². The van der Waals surface area contributed by atoms with E-state index in [4.69, 9.17) is 4.74 Å². The summed E-state index contributed by atoms with van der Waals surface area (Å²) in [6.07, 6.45) is 2.30. The van der Waals surface area contributed by atoms with E-state index in [0.717, 1.165) is 24.1 Å². The van der Waals surface area contributed by atoms with Gasteiger partial charge in [0, 0.05) is 10.9 Å². The van der Waals surface area contributed by atoms with Crippen molar-refractivity contribution in [2.45, 2.75) is 32.0 Å². The van der Waals surface area contributed by atoms with E-state index in [9.17, 15) is 0 Å². The second kappa shape index (κ2) is 6.07. The van der Waals surface area contributed by atoms with Gasteiger partial charge in [0.15, 0.2) is 0 Å². The van der Waals surface area contributed by atoms with E-state index < -0.39 is 0 Å². The first-order valence-electron chi connectivity index (χ1n) is 5.06. The number of rotatable bonds is 5. The summed E-state index contributed by atoms with van der Waals surface area (Å²) < 4.78 is 5.69. The summed E-state index contributed by atoms with van der Waals surface area (Å²) in [4.78, 5) is 0. The van der Waals surface area contributed by atoms with Gasteiger partial charge in [-0.1, -0.05) is 47.0 Å². The predicted molar refractivity (Wildman–Crippen MR) is 64.2 cm³/mol. The Morgan fingerprint density at radius 3 is 2.79 bits per heavy atom. The average molecular weight is 257 g/mol. The lowest BCUT2D eigenvalue weighted by atomic mass is 10.1. The molecule has 14 heavy (non-hydrogen) atoms. The summed E-state index contributed by atoms with van der Waals surface area (Å²) >= 11 is 3.47. The largest absolute Gasteiger partial charge is 0.493 e. The van der Waals surface area contributed by atoms with Crippen LogP contribution >= 0.6 is 15.9 Å². The van der Waals surface area contributed by atoms with Crippen molar-refractivity contribution in [3.63, 3.8) is 0 Å². The molecule has 0 fully saturated rings. The monoisotopic (exact) mass is 256 g/mol. The molecule has 1 aromatic carbocycles. The van der Waals surface area contributed by atoms with E-state index in [-0.39, 0.29) is 0 Å². The molecule has 0 amide bonds. The molecule has 78 valence electrons. The van der Waals surface area contributed by atoms with Crippen molar-refractivity contribution in [1.82, 2.24) is 0 Å². The van der Waals surface area contributed by atoms with Gasteiger partial charge in [0.25, 0.3) is 0 Å². The van der Waals surface area contributed by atoms with Crippen molar-refractivity contribution in [2.75, 3.05) is 6.61 Å². The Morgan fingerprint density at radius 2 is 2.14 bits per heavy atom. The molecule has 1 nitrogen and oxygen atoms in total. The molecule has 0 aromatic heterocycles. The number of ether oxygens (including phenoxy) is 1. The van der Waals surface area contributed by atoms with Crippen LogP contribution in [0.25, 0.3) is 0 Å². The van der Waals surface area contributed by atoms with Gasteiger partial charge >= 0.3 is 0 Å². The van der Waals surface area contributed by atoms with Crippen LogP contribution in [0.3, 0.4) is 0 Å². The summed E-state index contributed by atoms with van der Waals surface area (Å²) in [6.45, 7) is 5.09. The minimum Gasteiger partial charge on any atom is -0.493 e.